The van der Waals surface area contributed by atoms with Crippen LogP contribution >= 0.6 is 11.6 Å². The summed E-state index contributed by atoms with van der Waals surface area (Å²) in [7, 11) is 0. The van der Waals surface area contributed by atoms with E-state index in [0.29, 0.717) is 32.7 Å². The molecule has 108 valence electrons. The van der Waals surface area contributed by atoms with E-state index < -0.39 is 5.60 Å². The van der Waals surface area contributed by atoms with Gasteiger partial charge in [-0.1, -0.05) is 18.5 Å². The van der Waals surface area contributed by atoms with E-state index in [1.807, 2.05) is 18.5 Å². The molecule has 6 heteroatoms. The molecule has 1 aliphatic rings. The zero-order valence-corrected chi connectivity index (χ0v) is 12.3. The number of hydrogen-bond donors (Lipinski definition) is 2. The van der Waals surface area contributed by atoms with Crippen molar-refractivity contribution in [2.45, 2.75) is 45.4 Å². The Kier molecular flexibility index (Phi) is 4.84. The number of nitrogens with one attached hydrogen (secondary N) is 1. The number of nitrogens with zero attached hydrogens (tertiary/aromatic N) is 2. The van der Waals surface area contributed by atoms with Crippen LogP contribution in [0.5, 0.6) is 0 Å². The van der Waals surface area contributed by atoms with E-state index in [0.717, 1.165) is 29.4 Å². The third-order valence-electron chi connectivity index (χ3n) is 3.52. The predicted molar refractivity (Wildman–Crippen MR) is 74.4 cm³/mol. The molecule has 0 amide bonds. The first-order valence-electron chi connectivity index (χ1n) is 6.84. The molecule has 1 saturated heterocycles. The average molecular weight is 288 g/mol. The molecule has 0 radical (unpaired) electrons. The molecule has 1 unspecified atom stereocenters. The maximum Gasteiger partial charge on any atom is 0.103 e. The van der Waals surface area contributed by atoms with Gasteiger partial charge in [-0.25, -0.2) is 0 Å². The average Bonchev–Trinajstić information content (AvgIpc) is 2.95. The molecule has 0 bridgehead atoms. The number of aromatic nitrogens is 2. The van der Waals surface area contributed by atoms with Gasteiger partial charge < -0.3 is 15.2 Å². The first-order chi connectivity index (χ1) is 9.09. The van der Waals surface area contributed by atoms with Gasteiger partial charge >= 0.3 is 0 Å². The fourth-order valence-corrected chi connectivity index (χ4v) is 2.67. The fraction of sp³-hybridized carbons (Fsp3) is 0.769. The van der Waals surface area contributed by atoms with E-state index in [1.165, 1.54) is 0 Å². The number of ether oxygens (including phenoxy) is 1. The second-order valence-corrected chi connectivity index (χ2v) is 5.39. The maximum atomic E-state index is 10.2. The molecule has 2 heterocycles. The highest BCUT2D eigenvalue weighted by Gasteiger charge is 2.31. The topological polar surface area (TPSA) is 59.3 Å². The summed E-state index contributed by atoms with van der Waals surface area (Å²) in [5.41, 5.74) is 1.18. The molecular weight excluding hydrogens is 266 g/mol. The molecule has 2 N–H and O–H groups in total. The van der Waals surface area contributed by atoms with Crippen LogP contribution < -0.4 is 5.32 Å². The summed E-state index contributed by atoms with van der Waals surface area (Å²) in [6.07, 6.45) is 1.51. The molecule has 0 spiro atoms. The first kappa shape index (κ1) is 14.8. The smallest absolute Gasteiger partial charge is 0.103 e. The standard InChI is InChI=1S/C13H22ClN3O2/c1-3-10-12(14)11(17(4-2)16-10)7-15-8-13(18)5-6-19-9-13/h15,18H,3-9H2,1-2H3. The third-order valence-corrected chi connectivity index (χ3v) is 3.96. The van der Waals surface area contributed by atoms with E-state index in [9.17, 15) is 5.11 Å². The van der Waals surface area contributed by atoms with Gasteiger partial charge in [0.1, 0.15) is 5.60 Å². The Bertz CT molecular complexity index is 428. The minimum atomic E-state index is -0.739. The van der Waals surface area contributed by atoms with Crippen LogP contribution in [0.3, 0.4) is 0 Å². The molecule has 1 aromatic heterocycles. The zero-order valence-electron chi connectivity index (χ0n) is 11.6. The van der Waals surface area contributed by atoms with Gasteiger partial charge in [-0.15, -0.1) is 0 Å². The Morgan fingerprint density at radius 3 is 2.89 bits per heavy atom. The van der Waals surface area contributed by atoms with E-state index in [-0.39, 0.29) is 0 Å². The number of rotatable bonds is 6. The Labute approximate surface area is 118 Å². The second kappa shape index (κ2) is 6.22. The Morgan fingerprint density at radius 1 is 1.53 bits per heavy atom. The zero-order chi connectivity index (χ0) is 13.9. The SMILES string of the molecule is CCc1nn(CC)c(CNCC2(O)CCOC2)c1Cl. The fourth-order valence-electron chi connectivity index (χ4n) is 2.34. The summed E-state index contributed by atoms with van der Waals surface area (Å²) < 4.78 is 7.14. The Balaban J connectivity index is 1.97. The van der Waals surface area contributed by atoms with Crippen LogP contribution in [0.25, 0.3) is 0 Å². The lowest BCUT2D eigenvalue weighted by molar-refractivity contribution is 0.0267. The van der Waals surface area contributed by atoms with Crippen LogP contribution in [0.1, 0.15) is 31.7 Å². The minimum Gasteiger partial charge on any atom is -0.386 e. The van der Waals surface area contributed by atoms with Crippen LogP contribution in [-0.4, -0.2) is 40.2 Å². The van der Waals surface area contributed by atoms with Crippen molar-refractivity contribution >= 4 is 11.6 Å². The van der Waals surface area contributed by atoms with Crippen molar-refractivity contribution in [1.82, 2.24) is 15.1 Å². The van der Waals surface area contributed by atoms with Crippen LogP contribution in [0.4, 0.5) is 0 Å². The van der Waals surface area contributed by atoms with Gasteiger partial charge in [-0.2, -0.15) is 5.10 Å². The highest BCUT2D eigenvalue weighted by molar-refractivity contribution is 6.31. The largest absolute Gasteiger partial charge is 0.386 e. The van der Waals surface area contributed by atoms with Crippen LogP contribution in [0, 0.1) is 0 Å². The summed E-state index contributed by atoms with van der Waals surface area (Å²) in [4.78, 5) is 0. The third kappa shape index (κ3) is 3.28. The van der Waals surface area contributed by atoms with Crippen molar-refractivity contribution in [2.75, 3.05) is 19.8 Å². The van der Waals surface area contributed by atoms with E-state index >= 15 is 0 Å². The summed E-state index contributed by atoms with van der Waals surface area (Å²) in [5.74, 6) is 0. The molecule has 0 aliphatic carbocycles. The van der Waals surface area contributed by atoms with Gasteiger partial charge in [-0.3, -0.25) is 4.68 Å². The van der Waals surface area contributed by atoms with Gasteiger partial charge in [0.15, 0.2) is 0 Å². The molecule has 1 fully saturated rings. The minimum absolute atomic E-state index is 0.404. The van der Waals surface area contributed by atoms with Gasteiger partial charge in [0, 0.05) is 32.7 Å². The first-order valence-corrected chi connectivity index (χ1v) is 7.22. The Morgan fingerprint density at radius 2 is 2.32 bits per heavy atom. The maximum absolute atomic E-state index is 10.2. The number of hydrogen-bond acceptors (Lipinski definition) is 4. The molecule has 1 aromatic rings. The Hall–Kier alpha value is -0.620. The second-order valence-electron chi connectivity index (χ2n) is 5.01. The lowest BCUT2D eigenvalue weighted by atomic mass is 10.0. The highest BCUT2D eigenvalue weighted by Crippen LogP contribution is 2.22. The normalized spacial score (nSPS) is 23.2. The number of aryl methyl sites for hydroxylation is 2. The summed E-state index contributed by atoms with van der Waals surface area (Å²) in [6.45, 7) is 7.05. The van der Waals surface area contributed by atoms with Gasteiger partial charge in [0.05, 0.1) is 23.0 Å². The monoisotopic (exact) mass is 287 g/mol. The van der Waals surface area contributed by atoms with Crippen molar-refractivity contribution < 1.29 is 9.84 Å². The number of aliphatic hydroxyl groups is 1. The van der Waals surface area contributed by atoms with Crippen LogP contribution in [0.2, 0.25) is 5.02 Å². The van der Waals surface area contributed by atoms with Crippen molar-refractivity contribution in [3.05, 3.63) is 16.4 Å². The predicted octanol–water partition coefficient (Wildman–Crippen LogP) is 1.36. The van der Waals surface area contributed by atoms with Crippen molar-refractivity contribution in [3.63, 3.8) is 0 Å². The van der Waals surface area contributed by atoms with E-state index in [4.69, 9.17) is 16.3 Å². The molecule has 0 aromatic carbocycles. The highest BCUT2D eigenvalue weighted by atomic mass is 35.5. The van der Waals surface area contributed by atoms with Crippen molar-refractivity contribution in [1.29, 1.82) is 0 Å². The molecule has 2 rings (SSSR count). The van der Waals surface area contributed by atoms with Gasteiger partial charge in [0.2, 0.25) is 0 Å². The summed E-state index contributed by atoms with van der Waals surface area (Å²) in [6, 6.07) is 0. The van der Waals surface area contributed by atoms with Crippen LogP contribution in [0.15, 0.2) is 0 Å². The quantitative estimate of drug-likeness (QED) is 0.829. The summed E-state index contributed by atoms with van der Waals surface area (Å²) >= 11 is 6.33. The van der Waals surface area contributed by atoms with Crippen molar-refractivity contribution in [2.24, 2.45) is 0 Å². The van der Waals surface area contributed by atoms with E-state index in [1.54, 1.807) is 0 Å². The molecule has 19 heavy (non-hydrogen) atoms. The molecule has 1 atom stereocenters. The molecular formula is C13H22ClN3O2. The van der Waals surface area contributed by atoms with E-state index in [2.05, 4.69) is 10.4 Å². The summed E-state index contributed by atoms with van der Waals surface area (Å²) in [5, 5.41) is 18.6. The molecule has 0 saturated carbocycles. The van der Waals surface area contributed by atoms with Gasteiger partial charge in [0.25, 0.3) is 0 Å². The molecule has 5 nitrogen and oxygen atoms in total. The van der Waals surface area contributed by atoms with Crippen molar-refractivity contribution in [3.8, 4) is 0 Å². The lowest BCUT2D eigenvalue weighted by Crippen LogP contribution is -2.41. The number of halogens is 1. The lowest BCUT2D eigenvalue weighted by Gasteiger charge is -2.20. The van der Waals surface area contributed by atoms with Gasteiger partial charge in [-0.05, 0) is 13.3 Å². The molecule has 1 aliphatic heterocycles. The van der Waals surface area contributed by atoms with Crippen LogP contribution in [-0.2, 0) is 24.2 Å².